The fourth-order valence-corrected chi connectivity index (χ4v) is 1.76. The molecule has 92 valence electrons. The lowest BCUT2D eigenvalue weighted by Gasteiger charge is -2.32. The van der Waals surface area contributed by atoms with Gasteiger partial charge in [-0.05, 0) is 14.1 Å². The van der Waals surface area contributed by atoms with Crippen molar-refractivity contribution in [1.29, 1.82) is 0 Å². The van der Waals surface area contributed by atoms with E-state index in [9.17, 15) is 9.59 Å². The third-order valence-electron chi connectivity index (χ3n) is 2.53. The lowest BCUT2D eigenvalue weighted by molar-refractivity contribution is -0.133. The van der Waals surface area contributed by atoms with Gasteiger partial charge in [-0.2, -0.15) is 0 Å². The second kappa shape index (κ2) is 5.69. The van der Waals surface area contributed by atoms with E-state index >= 15 is 0 Å². The first-order chi connectivity index (χ1) is 7.49. The molecule has 16 heavy (non-hydrogen) atoms. The van der Waals surface area contributed by atoms with Crippen molar-refractivity contribution in [3.63, 3.8) is 0 Å². The maximum Gasteiger partial charge on any atom is 0.404 e. The number of piperidine rings is 1. The zero-order chi connectivity index (χ0) is 12.1. The average Bonchev–Trinajstić information content (AvgIpc) is 2.16. The van der Waals surface area contributed by atoms with E-state index in [4.69, 9.17) is 10.5 Å². The van der Waals surface area contributed by atoms with Gasteiger partial charge in [0.25, 0.3) is 0 Å². The summed E-state index contributed by atoms with van der Waals surface area (Å²) in [6.45, 7) is 1.68. The fourth-order valence-electron chi connectivity index (χ4n) is 1.76. The zero-order valence-corrected chi connectivity index (χ0v) is 9.81. The number of nitrogens with two attached hydrogens (primary N) is 1. The van der Waals surface area contributed by atoms with E-state index in [0.717, 1.165) is 0 Å². The zero-order valence-electron chi connectivity index (χ0n) is 9.81. The van der Waals surface area contributed by atoms with Gasteiger partial charge in [-0.15, -0.1) is 0 Å². The fraction of sp³-hybridized carbons (Fsp3) is 0.800. The summed E-state index contributed by atoms with van der Waals surface area (Å²) in [5.41, 5.74) is 4.94. The number of rotatable bonds is 3. The second-order valence-corrected chi connectivity index (χ2v) is 4.25. The highest BCUT2D eigenvalue weighted by atomic mass is 16.6. The smallest absolute Gasteiger partial charge is 0.404 e. The van der Waals surface area contributed by atoms with Gasteiger partial charge in [0, 0.05) is 25.9 Å². The van der Waals surface area contributed by atoms with Crippen LogP contribution in [0.4, 0.5) is 4.79 Å². The molecule has 6 heteroatoms. The topological polar surface area (TPSA) is 75.9 Å². The van der Waals surface area contributed by atoms with Gasteiger partial charge in [-0.25, -0.2) is 4.79 Å². The Morgan fingerprint density at radius 1 is 1.38 bits per heavy atom. The van der Waals surface area contributed by atoms with Crippen molar-refractivity contribution < 1.29 is 14.3 Å². The van der Waals surface area contributed by atoms with Crippen LogP contribution in [0.25, 0.3) is 0 Å². The molecule has 0 bridgehead atoms. The van der Waals surface area contributed by atoms with Crippen LogP contribution in [-0.2, 0) is 9.53 Å². The van der Waals surface area contributed by atoms with Gasteiger partial charge in [0.05, 0.1) is 6.54 Å². The molecule has 1 aliphatic heterocycles. The first kappa shape index (κ1) is 12.8. The van der Waals surface area contributed by atoms with E-state index in [1.165, 1.54) is 0 Å². The van der Waals surface area contributed by atoms with E-state index in [0.29, 0.717) is 32.5 Å². The first-order valence-electron chi connectivity index (χ1n) is 5.37. The Morgan fingerprint density at radius 2 is 1.94 bits per heavy atom. The molecule has 0 atom stereocenters. The highest BCUT2D eigenvalue weighted by Crippen LogP contribution is 2.13. The lowest BCUT2D eigenvalue weighted by atomic mass is 10.1. The number of likely N-dealkylation sites (tertiary alicyclic amines) is 1. The SMILES string of the molecule is CN(C)CC(=O)N1CCC(OC(N)=O)CC1. The molecule has 0 aromatic heterocycles. The van der Waals surface area contributed by atoms with E-state index < -0.39 is 6.09 Å². The molecule has 0 aromatic carbocycles. The summed E-state index contributed by atoms with van der Waals surface area (Å²) in [7, 11) is 3.72. The summed E-state index contributed by atoms with van der Waals surface area (Å²) in [4.78, 5) is 25.9. The summed E-state index contributed by atoms with van der Waals surface area (Å²) >= 11 is 0. The molecule has 1 heterocycles. The highest BCUT2D eigenvalue weighted by molar-refractivity contribution is 5.78. The minimum Gasteiger partial charge on any atom is -0.446 e. The van der Waals surface area contributed by atoms with Crippen LogP contribution >= 0.6 is 0 Å². The van der Waals surface area contributed by atoms with Crippen LogP contribution in [0.3, 0.4) is 0 Å². The molecule has 0 unspecified atom stereocenters. The van der Waals surface area contributed by atoms with Gasteiger partial charge in [0.1, 0.15) is 6.10 Å². The number of hydrogen-bond donors (Lipinski definition) is 1. The van der Waals surface area contributed by atoms with E-state index in [2.05, 4.69) is 0 Å². The van der Waals surface area contributed by atoms with Gasteiger partial charge in [0.2, 0.25) is 5.91 Å². The third-order valence-corrected chi connectivity index (χ3v) is 2.53. The number of likely N-dealkylation sites (N-methyl/N-ethyl adjacent to an activating group) is 1. The molecule has 2 N–H and O–H groups in total. The number of amides is 2. The van der Waals surface area contributed by atoms with Crippen molar-refractivity contribution in [3.05, 3.63) is 0 Å². The van der Waals surface area contributed by atoms with Crippen LogP contribution in [0.1, 0.15) is 12.8 Å². The third kappa shape index (κ3) is 4.06. The molecule has 1 aliphatic rings. The molecule has 0 radical (unpaired) electrons. The molecular formula is C10H19N3O3. The summed E-state index contributed by atoms with van der Waals surface area (Å²) in [6.07, 6.45) is 0.462. The monoisotopic (exact) mass is 229 g/mol. The van der Waals surface area contributed by atoms with E-state index in [1.54, 1.807) is 4.90 Å². The van der Waals surface area contributed by atoms with Crippen molar-refractivity contribution in [2.45, 2.75) is 18.9 Å². The van der Waals surface area contributed by atoms with Gasteiger partial charge >= 0.3 is 6.09 Å². The number of nitrogens with zero attached hydrogens (tertiary/aromatic N) is 2. The molecule has 0 aliphatic carbocycles. The lowest BCUT2D eigenvalue weighted by Crippen LogP contribution is -2.44. The number of hydrogen-bond acceptors (Lipinski definition) is 4. The summed E-state index contributed by atoms with van der Waals surface area (Å²) in [5, 5.41) is 0. The number of primary amides is 1. The summed E-state index contributed by atoms with van der Waals surface area (Å²) < 4.78 is 4.89. The van der Waals surface area contributed by atoms with Crippen LogP contribution in [-0.4, -0.2) is 61.6 Å². The van der Waals surface area contributed by atoms with Crippen molar-refractivity contribution >= 4 is 12.0 Å². The Bertz CT molecular complexity index is 260. The van der Waals surface area contributed by atoms with Crippen molar-refractivity contribution in [2.24, 2.45) is 5.73 Å². The molecule has 1 saturated heterocycles. The van der Waals surface area contributed by atoms with Crippen LogP contribution < -0.4 is 5.73 Å². The van der Waals surface area contributed by atoms with Crippen LogP contribution in [0.2, 0.25) is 0 Å². The number of ether oxygens (including phenoxy) is 1. The molecule has 0 spiro atoms. The van der Waals surface area contributed by atoms with Crippen molar-refractivity contribution in [2.75, 3.05) is 33.7 Å². The van der Waals surface area contributed by atoms with Crippen LogP contribution in [0.15, 0.2) is 0 Å². The summed E-state index contributed by atoms with van der Waals surface area (Å²) in [6, 6.07) is 0. The molecule has 2 amide bonds. The Hall–Kier alpha value is -1.30. The van der Waals surface area contributed by atoms with Crippen molar-refractivity contribution in [3.8, 4) is 0 Å². The quantitative estimate of drug-likeness (QED) is 0.716. The van der Waals surface area contributed by atoms with Gasteiger partial charge in [-0.1, -0.05) is 0 Å². The average molecular weight is 229 g/mol. The number of carbonyl (C=O) groups is 2. The first-order valence-corrected chi connectivity index (χ1v) is 5.37. The Morgan fingerprint density at radius 3 is 2.38 bits per heavy atom. The summed E-state index contributed by atoms with van der Waals surface area (Å²) in [5.74, 6) is 0.113. The molecule has 6 nitrogen and oxygen atoms in total. The van der Waals surface area contributed by atoms with Crippen LogP contribution in [0.5, 0.6) is 0 Å². The maximum atomic E-state index is 11.7. The van der Waals surface area contributed by atoms with Gasteiger partial charge < -0.3 is 20.3 Å². The minimum atomic E-state index is -0.738. The highest BCUT2D eigenvalue weighted by Gasteiger charge is 2.24. The van der Waals surface area contributed by atoms with Gasteiger partial charge in [-0.3, -0.25) is 4.79 Å². The Kier molecular flexibility index (Phi) is 4.54. The minimum absolute atomic E-state index is 0.113. The predicted octanol–water partition coefficient (Wildman–Crippen LogP) is -0.366. The molecule has 1 rings (SSSR count). The normalized spacial score (nSPS) is 17.6. The maximum absolute atomic E-state index is 11.7. The largest absolute Gasteiger partial charge is 0.446 e. The molecule has 0 aromatic rings. The van der Waals surface area contributed by atoms with Crippen LogP contribution in [0, 0.1) is 0 Å². The van der Waals surface area contributed by atoms with E-state index in [1.807, 2.05) is 19.0 Å². The standard InChI is InChI=1S/C10H19N3O3/c1-12(2)7-9(14)13-5-3-8(4-6-13)16-10(11)15/h8H,3-7H2,1-2H3,(H2,11,15). The van der Waals surface area contributed by atoms with Crippen molar-refractivity contribution in [1.82, 2.24) is 9.80 Å². The Balaban J connectivity index is 2.31. The second-order valence-electron chi connectivity index (χ2n) is 4.25. The number of carbonyl (C=O) groups excluding carboxylic acids is 2. The molecule has 0 saturated carbocycles. The predicted molar refractivity (Wildman–Crippen MR) is 58.8 cm³/mol. The molecule has 1 fully saturated rings. The van der Waals surface area contributed by atoms with Gasteiger partial charge in [0.15, 0.2) is 0 Å². The molecular weight excluding hydrogens is 210 g/mol. The Labute approximate surface area is 95.3 Å². The van der Waals surface area contributed by atoms with E-state index in [-0.39, 0.29) is 12.0 Å².